The third-order valence-corrected chi connectivity index (χ3v) is 3.92. The quantitative estimate of drug-likeness (QED) is 0.676. The van der Waals surface area contributed by atoms with Gasteiger partial charge in [0.15, 0.2) is 0 Å². The third kappa shape index (κ3) is 7.78. The van der Waals surface area contributed by atoms with Gasteiger partial charge in [-0.3, -0.25) is 9.59 Å². The maximum atomic E-state index is 11.8. The Labute approximate surface area is 140 Å². The number of carbonyl (C=O) groups excluding carboxylic acids is 2. The van der Waals surface area contributed by atoms with Crippen molar-refractivity contribution in [3.63, 3.8) is 0 Å². The second-order valence-corrected chi connectivity index (χ2v) is 7.36. The third-order valence-electron chi connectivity index (χ3n) is 3.24. The zero-order chi connectivity index (χ0) is 17.5. The number of hydrogen-bond donors (Lipinski definition) is 3. The summed E-state index contributed by atoms with van der Waals surface area (Å²) < 4.78 is 0. The summed E-state index contributed by atoms with van der Waals surface area (Å²) in [7, 11) is 0. The molecule has 1 unspecified atom stereocenters. The van der Waals surface area contributed by atoms with Crippen LogP contribution in [-0.4, -0.2) is 35.5 Å². The number of nitrogens with one attached hydrogen (secondary N) is 2. The Hall–Kier alpha value is -1.89. The van der Waals surface area contributed by atoms with Crippen molar-refractivity contribution in [2.45, 2.75) is 46.1 Å². The zero-order valence-electron chi connectivity index (χ0n) is 13.7. The number of thiophene rings is 1. The van der Waals surface area contributed by atoms with Gasteiger partial charge in [0, 0.05) is 23.9 Å². The van der Waals surface area contributed by atoms with Crippen molar-refractivity contribution in [2.75, 3.05) is 6.54 Å². The van der Waals surface area contributed by atoms with Crippen LogP contribution in [0.4, 0.5) is 0 Å². The van der Waals surface area contributed by atoms with Gasteiger partial charge in [0.2, 0.25) is 5.91 Å². The Morgan fingerprint density at radius 2 is 2.00 bits per heavy atom. The van der Waals surface area contributed by atoms with Gasteiger partial charge in [0.25, 0.3) is 5.91 Å². The normalized spacial score (nSPS) is 12.5. The molecule has 7 heteroatoms. The summed E-state index contributed by atoms with van der Waals surface area (Å²) in [6.45, 7) is 6.24. The van der Waals surface area contributed by atoms with E-state index in [0.29, 0.717) is 18.4 Å². The van der Waals surface area contributed by atoms with Crippen LogP contribution in [0.15, 0.2) is 16.8 Å². The van der Waals surface area contributed by atoms with Crippen molar-refractivity contribution in [1.29, 1.82) is 0 Å². The first-order valence-electron chi connectivity index (χ1n) is 7.51. The number of hydrogen-bond acceptors (Lipinski definition) is 4. The van der Waals surface area contributed by atoms with Gasteiger partial charge in [-0.25, -0.2) is 4.79 Å². The SMILES string of the molecule is CC(C)(C)CCC(NC(=O)CCNC(=O)c1ccsc1)C(=O)O. The lowest BCUT2D eigenvalue weighted by molar-refractivity contribution is -0.142. The van der Waals surface area contributed by atoms with Crippen LogP contribution in [0.2, 0.25) is 0 Å². The molecule has 1 rings (SSSR count). The summed E-state index contributed by atoms with van der Waals surface area (Å²) >= 11 is 1.42. The first-order valence-corrected chi connectivity index (χ1v) is 8.46. The Balaban J connectivity index is 2.35. The monoisotopic (exact) mass is 340 g/mol. The molecule has 1 aromatic heterocycles. The number of amides is 2. The van der Waals surface area contributed by atoms with Crippen molar-refractivity contribution >= 4 is 29.1 Å². The average molecular weight is 340 g/mol. The fraction of sp³-hybridized carbons (Fsp3) is 0.562. The maximum Gasteiger partial charge on any atom is 0.326 e. The number of rotatable bonds is 8. The highest BCUT2D eigenvalue weighted by Crippen LogP contribution is 2.21. The summed E-state index contributed by atoms with van der Waals surface area (Å²) in [6.07, 6.45) is 1.13. The van der Waals surface area contributed by atoms with E-state index < -0.39 is 12.0 Å². The van der Waals surface area contributed by atoms with E-state index in [1.165, 1.54) is 11.3 Å². The van der Waals surface area contributed by atoms with Gasteiger partial charge in [-0.1, -0.05) is 20.8 Å². The maximum absolute atomic E-state index is 11.8. The molecule has 23 heavy (non-hydrogen) atoms. The van der Waals surface area contributed by atoms with E-state index in [1.54, 1.807) is 16.8 Å². The summed E-state index contributed by atoms with van der Waals surface area (Å²) in [5.74, 6) is -1.65. The molecule has 0 bridgehead atoms. The standard InChI is InChI=1S/C16H24N2O4S/c1-16(2,3)7-4-12(15(21)22)18-13(19)5-8-17-14(20)11-6-9-23-10-11/h6,9-10,12H,4-5,7-8H2,1-3H3,(H,17,20)(H,18,19)(H,21,22). The topological polar surface area (TPSA) is 95.5 Å². The van der Waals surface area contributed by atoms with E-state index in [2.05, 4.69) is 10.6 Å². The number of carbonyl (C=O) groups is 3. The van der Waals surface area contributed by atoms with Crippen LogP contribution in [0.25, 0.3) is 0 Å². The molecule has 3 N–H and O–H groups in total. The van der Waals surface area contributed by atoms with Crippen molar-refractivity contribution in [3.8, 4) is 0 Å². The van der Waals surface area contributed by atoms with Crippen LogP contribution in [0.5, 0.6) is 0 Å². The molecule has 0 aromatic carbocycles. The highest BCUT2D eigenvalue weighted by Gasteiger charge is 2.22. The van der Waals surface area contributed by atoms with E-state index in [9.17, 15) is 19.5 Å². The Bertz CT molecular complexity index is 535. The first kappa shape index (κ1) is 19.2. The molecule has 0 saturated carbocycles. The highest BCUT2D eigenvalue weighted by atomic mass is 32.1. The molecular weight excluding hydrogens is 316 g/mol. The predicted octanol–water partition coefficient (Wildman–Crippen LogP) is 2.26. The summed E-state index contributed by atoms with van der Waals surface area (Å²) in [5, 5.41) is 17.8. The largest absolute Gasteiger partial charge is 0.480 e. The van der Waals surface area contributed by atoms with Crippen molar-refractivity contribution in [1.82, 2.24) is 10.6 Å². The summed E-state index contributed by atoms with van der Waals surface area (Å²) in [5.41, 5.74) is 0.566. The minimum Gasteiger partial charge on any atom is -0.480 e. The molecule has 1 heterocycles. The molecule has 0 aliphatic carbocycles. The molecule has 0 aliphatic heterocycles. The van der Waals surface area contributed by atoms with Crippen molar-refractivity contribution in [2.24, 2.45) is 5.41 Å². The van der Waals surface area contributed by atoms with Crippen LogP contribution in [0, 0.1) is 5.41 Å². The lowest BCUT2D eigenvalue weighted by Crippen LogP contribution is -2.42. The van der Waals surface area contributed by atoms with E-state index in [1.807, 2.05) is 20.8 Å². The molecule has 0 saturated heterocycles. The van der Waals surface area contributed by atoms with Gasteiger partial charge < -0.3 is 15.7 Å². The van der Waals surface area contributed by atoms with E-state index in [0.717, 1.165) is 0 Å². The molecule has 0 aliphatic rings. The van der Waals surface area contributed by atoms with Crippen LogP contribution in [0.3, 0.4) is 0 Å². The summed E-state index contributed by atoms with van der Waals surface area (Å²) in [4.78, 5) is 34.7. The van der Waals surface area contributed by atoms with Crippen LogP contribution in [-0.2, 0) is 9.59 Å². The zero-order valence-corrected chi connectivity index (χ0v) is 14.5. The minimum absolute atomic E-state index is 0.00688. The molecule has 0 spiro atoms. The van der Waals surface area contributed by atoms with E-state index >= 15 is 0 Å². The summed E-state index contributed by atoms with van der Waals surface area (Å²) in [6, 6.07) is 0.807. The molecule has 0 radical (unpaired) electrons. The fourth-order valence-corrected chi connectivity index (χ4v) is 2.52. The predicted molar refractivity (Wildman–Crippen MR) is 89.5 cm³/mol. The molecule has 0 fully saturated rings. The fourth-order valence-electron chi connectivity index (χ4n) is 1.89. The van der Waals surface area contributed by atoms with Crippen LogP contribution < -0.4 is 10.6 Å². The van der Waals surface area contributed by atoms with Crippen LogP contribution >= 0.6 is 11.3 Å². The molecular formula is C16H24N2O4S. The van der Waals surface area contributed by atoms with Gasteiger partial charge in [-0.05, 0) is 29.7 Å². The smallest absolute Gasteiger partial charge is 0.326 e. The second kappa shape index (κ2) is 8.67. The Morgan fingerprint density at radius 1 is 1.30 bits per heavy atom. The van der Waals surface area contributed by atoms with Crippen LogP contribution in [0.1, 0.15) is 50.4 Å². The number of carboxylic acid groups (broad SMARTS) is 1. The Kier molecular flexibility index (Phi) is 7.22. The number of aliphatic carboxylic acids is 1. The van der Waals surface area contributed by atoms with Crippen molar-refractivity contribution in [3.05, 3.63) is 22.4 Å². The molecule has 2 amide bonds. The Morgan fingerprint density at radius 3 is 2.52 bits per heavy atom. The van der Waals surface area contributed by atoms with E-state index in [-0.39, 0.29) is 30.2 Å². The molecule has 1 atom stereocenters. The first-order chi connectivity index (χ1) is 10.7. The number of carboxylic acids is 1. The molecule has 6 nitrogen and oxygen atoms in total. The van der Waals surface area contributed by atoms with Gasteiger partial charge in [0.05, 0.1) is 0 Å². The van der Waals surface area contributed by atoms with E-state index in [4.69, 9.17) is 0 Å². The molecule has 1 aromatic rings. The van der Waals surface area contributed by atoms with Gasteiger partial charge >= 0.3 is 5.97 Å². The lowest BCUT2D eigenvalue weighted by Gasteiger charge is -2.21. The lowest BCUT2D eigenvalue weighted by atomic mass is 9.88. The molecule has 128 valence electrons. The van der Waals surface area contributed by atoms with Gasteiger partial charge in [0.1, 0.15) is 6.04 Å². The van der Waals surface area contributed by atoms with Gasteiger partial charge in [-0.15, -0.1) is 0 Å². The minimum atomic E-state index is -1.04. The average Bonchev–Trinajstić information content (AvgIpc) is 2.96. The van der Waals surface area contributed by atoms with Gasteiger partial charge in [-0.2, -0.15) is 11.3 Å². The van der Waals surface area contributed by atoms with Crippen molar-refractivity contribution < 1.29 is 19.5 Å². The second-order valence-electron chi connectivity index (χ2n) is 6.58. The highest BCUT2D eigenvalue weighted by molar-refractivity contribution is 7.08.